The van der Waals surface area contributed by atoms with Crippen molar-refractivity contribution in [3.63, 3.8) is 0 Å². The van der Waals surface area contributed by atoms with Gasteiger partial charge in [-0.05, 0) is 89.3 Å². The zero-order chi connectivity index (χ0) is 35.3. The number of hydrogen-bond donors (Lipinski definition) is 0. The fourth-order valence-corrected chi connectivity index (χ4v) is 11.7. The first-order valence-corrected chi connectivity index (χ1v) is 20.1. The third kappa shape index (κ3) is 4.36. The summed E-state index contributed by atoms with van der Waals surface area (Å²) in [7, 11) is 0. The molecule has 0 atom stereocenters. The maximum Gasteiger partial charge on any atom is 0.0448 e. The van der Waals surface area contributed by atoms with Crippen molar-refractivity contribution in [2.75, 3.05) is 0 Å². The zero-order valence-corrected chi connectivity index (χ0v) is 30.8. The molecule has 0 unspecified atom stereocenters. The van der Waals surface area contributed by atoms with Crippen LogP contribution in [-0.2, 0) is 0 Å². The van der Waals surface area contributed by atoms with E-state index in [-0.39, 0.29) is 0 Å². The fourth-order valence-electron chi connectivity index (χ4n) is 9.02. The lowest BCUT2D eigenvalue weighted by Crippen LogP contribution is -1.92. The highest BCUT2D eigenvalue weighted by Gasteiger charge is 2.19. The molecule has 12 aromatic rings. The third-order valence-electron chi connectivity index (χ3n) is 11.4. The molecule has 2 aromatic heterocycles. The van der Waals surface area contributed by atoms with Gasteiger partial charge in [0.2, 0.25) is 0 Å². The summed E-state index contributed by atoms with van der Waals surface area (Å²) >= 11 is 3.86. The number of rotatable bonds is 3. The van der Waals surface area contributed by atoms with Gasteiger partial charge in [0.05, 0.1) is 0 Å². The van der Waals surface area contributed by atoms with Crippen LogP contribution in [0.25, 0.3) is 117 Å². The van der Waals surface area contributed by atoms with Crippen molar-refractivity contribution < 1.29 is 0 Å². The lowest BCUT2D eigenvalue weighted by Gasteiger charge is -2.19. The fraction of sp³-hybridized carbons (Fsp3) is 0. The summed E-state index contributed by atoms with van der Waals surface area (Å²) in [4.78, 5) is 0. The highest BCUT2D eigenvalue weighted by Crippen LogP contribution is 2.48. The van der Waals surface area contributed by atoms with Crippen LogP contribution in [0.15, 0.2) is 182 Å². The van der Waals surface area contributed by atoms with Crippen LogP contribution >= 0.6 is 22.7 Å². The zero-order valence-electron chi connectivity index (χ0n) is 29.1. The molecule has 0 fully saturated rings. The molecule has 2 heterocycles. The van der Waals surface area contributed by atoms with Crippen molar-refractivity contribution in [2.45, 2.75) is 0 Å². The van der Waals surface area contributed by atoms with Gasteiger partial charge in [0.1, 0.15) is 0 Å². The molecule has 12 rings (SSSR count). The predicted octanol–water partition coefficient (Wildman–Crippen LogP) is 16.0. The molecule has 0 spiro atoms. The van der Waals surface area contributed by atoms with Gasteiger partial charge >= 0.3 is 0 Å². The van der Waals surface area contributed by atoms with E-state index in [1.54, 1.807) is 0 Å². The minimum absolute atomic E-state index is 1.23. The van der Waals surface area contributed by atoms with Gasteiger partial charge in [-0.2, -0.15) is 0 Å². The Bertz CT molecular complexity index is 3440. The minimum atomic E-state index is 1.23. The lowest BCUT2D eigenvalue weighted by molar-refractivity contribution is 1.63. The molecule has 0 radical (unpaired) electrons. The molecule has 250 valence electrons. The van der Waals surface area contributed by atoms with Crippen LogP contribution < -0.4 is 0 Å². The van der Waals surface area contributed by atoms with Crippen molar-refractivity contribution in [2.24, 2.45) is 0 Å². The summed E-state index contributed by atoms with van der Waals surface area (Å²) in [6, 6.07) is 67.7. The molecule has 10 aromatic carbocycles. The van der Waals surface area contributed by atoms with Gasteiger partial charge in [0.25, 0.3) is 0 Å². The molecular weight excluding hydrogens is 689 g/mol. The van der Waals surface area contributed by atoms with Crippen LogP contribution in [0.3, 0.4) is 0 Å². The van der Waals surface area contributed by atoms with E-state index in [9.17, 15) is 0 Å². The molecule has 0 saturated heterocycles. The molecule has 54 heavy (non-hydrogen) atoms. The summed E-state index contributed by atoms with van der Waals surface area (Å²) in [5.74, 6) is 0. The quantitative estimate of drug-likeness (QED) is 0.160. The second-order valence-electron chi connectivity index (χ2n) is 14.3. The number of fused-ring (bicyclic) bond motifs is 12. The molecular formula is C52H30S2. The monoisotopic (exact) mass is 718 g/mol. The number of thiophene rings is 2. The van der Waals surface area contributed by atoms with E-state index in [0.29, 0.717) is 0 Å². The SMILES string of the molecule is c1cc(-c2ccc3c(c2)sc2c3ccc3ccc4c5ccccc5sc4c32)cc(-c2c3ccccc3c(-c3cccc4ccccc34)c3ccccc23)c1. The summed E-state index contributed by atoms with van der Waals surface area (Å²) < 4.78 is 5.46. The van der Waals surface area contributed by atoms with Crippen molar-refractivity contribution in [3.05, 3.63) is 182 Å². The van der Waals surface area contributed by atoms with Crippen molar-refractivity contribution in [1.29, 1.82) is 0 Å². The van der Waals surface area contributed by atoms with Crippen molar-refractivity contribution in [1.82, 2.24) is 0 Å². The Morgan fingerprint density at radius 3 is 1.54 bits per heavy atom. The molecule has 0 saturated carbocycles. The van der Waals surface area contributed by atoms with E-state index in [4.69, 9.17) is 0 Å². The van der Waals surface area contributed by atoms with Gasteiger partial charge in [-0.3, -0.25) is 0 Å². The summed E-state index contributed by atoms with van der Waals surface area (Å²) in [5.41, 5.74) is 7.57. The van der Waals surface area contributed by atoms with E-state index >= 15 is 0 Å². The van der Waals surface area contributed by atoms with Gasteiger partial charge < -0.3 is 0 Å². The molecule has 0 bridgehead atoms. The normalized spacial score (nSPS) is 12.1. The smallest absolute Gasteiger partial charge is 0.0448 e. The summed E-state index contributed by atoms with van der Waals surface area (Å²) in [6.07, 6.45) is 0. The van der Waals surface area contributed by atoms with Gasteiger partial charge in [0, 0.05) is 45.7 Å². The maximum atomic E-state index is 2.41. The Morgan fingerprint density at radius 2 is 0.796 bits per heavy atom. The van der Waals surface area contributed by atoms with Gasteiger partial charge in [-0.25, -0.2) is 0 Å². The molecule has 0 N–H and O–H groups in total. The van der Waals surface area contributed by atoms with Crippen LogP contribution in [0.4, 0.5) is 0 Å². The Kier molecular flexibility index (Phi) is 6.48. The van der Waals surface area contributed by atoms with Crippen LogP contribution in [0.5, 0.6) is 0 Å². The van der Waals surface area contributed by atoms with Crippen LogP contribution in [0, 0.1) is 0 Å². The third-order valence-corrected chi connectivity index (χ3v) is 13.8. The second kappa shape index (κ2) is 11.6. The molecule has 0 aliphatic rings. The number of benzene rings is 10. The minimum Gasteiger partial charge on any atom is -0.134 e. The Balaban J connectivity index is 1.05. The van der Waals surface area contributed by atoms with E-state index in [1.165, 1.54) is 117 Å². The summed E-state index contributed by atoms with van der Waals surface area (Å²) in [6.45, 7) is 0. The van der Waals surface area contributed by atoms with Crippen LogP contribution in [0.1, 0.15) is 0 Å². The van der Waals surface area contributed by atoms with Crippen LogP contribution in [-0.4, -0.2) is 0 Å². The molecule has 0 nitrogen and oxygen atoms in total. The number of hydrogen-bond acceptors (Lipinski definition) is 2. The average molecular weight is 719 g/mol. The van der Waals surface area contributed by atoms with E-state index in [1.807, 2.05) is 22.7 Å². The van der Waals surface area contributed by atoms with Gasteiger partial charge in [-0.15, -0.1) is 22.7 Å². The summed E-state index contributed by atoms with van der Waals surface area (Å²) in [5, 5.41) is 15.7. The van der Waals surface area contributed by atoms with E-state index in [0.717, 1.165) is 0 Å². The highest BCUT2D eigenvalue weighted by molar-refractivity contribution is 7.29. The van der Waals surface area contributed by atoms with E-state index < -0.39 is 0 Å². The molecule has 0 amide bonds. The standard InChI is InChI=1S/C52H30S2/c1-2-15-36-31(11-1)12-10-21-39(36)50-42-19-5-3-17-40(42)48(41-18-4-6-20-43(41)50)35-14-9-13-33(29-35)34-25-26-38-45-28-24-32-23-27-44-37-16-7-8-22-46(37)53-51(44)49(32)52(45)54-47(38)30-34/h1-30H. The highest BCUT2D eigenvalue weighted by atomic mass is 32.1. The topological polar surface area (TPSA) is 0 Å². The predicted molar refractivity (Wildman–Crippen MR) is 239 cm³/mol. The largest absolute Gasteiger partial charge is 0.134 e. The Hall–Kier alpha value is -6.32. The van der Waals surface area contributed by atoms with Gasteiger partial charge in [-0.1, -0.05) is 164 Å². The Labute approximate surface area is 319 Å². The first-order valence-electron chi connectivity index (χ1n) is 18.5. The van der Waals surface area contributed by atoms with Crippen molar-refractivity contribution >= 4 is 106 Å². The first kappa shape index (κ1) is 30.2. The first-order chi connectivity index (χ1) is 26.8. The molecule has 0 aliphatic carbocycles. The Morgan fingerprint density at radius 1 is 0.278 bits per heavy atom. The average Bonchev–Trinajstić information content (AvgIpc) is 3.81. The van der Waals surface area contributed by atoms with Gasteiger partial charge in [0.15, 0.2) is 0 Å². The van der Waals surface area contributed by atoms with Crippen LogP contribution in [0.2, 0.25) is 0 Å². The molecule has 0 aliphatic heterocycles. The lowest BCUT2D eigenvalue weighted by atomic mass is 9.84. The van der Waals surface area contributed by atoms with E-state index in [2.05, 4.69) is 182 Å². The molecule has 2 heteroatoms. The van der Waals surface area contributed by atoms with Crippen molar-refractivity contribution in [3.8, 4) is 33.4 Å². The maximum absolute atomic E-state index is 2.41. The second-order valence-corrected chi connectivity index (χ2v) is 16.4.